The number of aliphatic hydroxyl groups is 1. The molecule has 10 aliphatic rings. The molecule has 0 aliphatic carbocycles. The number of aliphatic hydroxyl groups excluding tert-OH is 1. The number of hydrogen-bond donors (Lipinski definition) is 2. The molecule has 10 rings (SSSR count). The van der Waals surface area contributed by atoms with E-state index in [9.17, 15) is 9.90 Å². The maximum atomic E-state index is 14.0. The number of carbonyl (C=O) groups excluding carboxylic acids is 1. The molecule has 10 fully saturated rings. The number of ether oxygens (including phenoxy) is 8. The lowest BCUT2D eigenvalue weighted by molar-refractivity contribution is -0.294. The molecule has 1 spiro atoms. The first kappa shape index (κ1) is 36.4. The molecule has 3 N–H and O–H groups in total. The van der Waals surface area contributed by atoms with E-state index in [1.807, 2.05) is 0 Å². The molecule has 0 aromatic carbocycles. The molecule has 10 saturated heterocycles. The lowest BCUT2D eigenvalue weighted by Gasteiger charge is -2.47. The topological polar surface area (TPSA) is 137 Å². The molecule has 10 aliphatic heterocycles. The number of ketones is 1. The van der Waals surface area contributed by atoms with Crippen LogP contribution in [0.15, 0.2) is 24.3 Å². The summed E-state index contributed by atoms with van der Waals surface area (Å²) in [4.78, 5) is 14.0. The van der Waals surface area contributed by atoms with E-state index in [-0.39, 0.29) is 104 Å². The third-order valence-electron chi connectivity index (χ3n) is 14.6. The fraction of sp³-hybridized carbons (Fsp3) is 0.878. The van der Waals surface area contributed by atoms with Gasteiger partial charge in [-0.05, 0) is 80.8 Å². The van der Waals surface area contributed by atoms with E-state index in [0.717, 1.165) is 56.1 Å². The van der Waals surface area contributed by atoms with Crippen LogP contribution in [0.2, 0.25) is 0 Å². The summed E-state index contributed by atoms with van der Waals surface area (Å²) in [5.41, 5.74) is 7.57. The molecule has 19 atom stereocenters. The molecule has 12 bridgehead atoms. The van der Waals surface area contributed by atoms with E-state index in [1.165, 1.54) is 0 Å². The molecule has 0 radical (unpaired) electrons. The van der Waals surface area contributed by atoms with E-state index in [1.54, 1.807) is 0 Å². The first-order valence-electron chi connectivity index (χ1n) is 20.5. The number of carbonyl (C=O) groups is 1. The molecular weight excluding hydrogens is 666 g/mol. The van der Waals surface area contributed by atoms with Crippen molar-refractivity contribution in [2.75, 3.05) is 6.54 Å². The average molecular weight is 728 g/mol. The summed E-state index contributed by atoms with van der Waals surface area (Å²) < 4.78 is 54.5. The minimum atomic E-state index is -0.803. The van der Waals surface area contributed by atoms with Gasteiger partial charge in [-0.15, -0.1) is 0 Å². The van der Waals surface area contributed by atoms with Crippen molar-refractivity contribution in [3.8, 4) is 0 Å². The van der Waals surface area contributed by atoms with Crippen LogP contribution in [-0.4, -0.2) is 114 Å². The van der Waals surface area contributed by atoms with Crippen LogP contribution in [0.1, 0.15) is 104 Å². The minimum absolute atomic E-state index is 0.00566. The minimum Gasteiger partial charge on any atom is -0.392 e. The van der Waals surface area contributed by atoms with Crippen LogP contribution in [-0.2, 0) is 42.7 Å². The van der Waals surface area contributed by atoms with Crippen molar-refractivity contribution < 1.29 is 47.8 Å². The first-order valence-corrected chi connectivity index (χ1v) is 20.5. The van der Waals surface area contributed by atoms with Gasteiger partial charge in [-0.25, -0.2) is 0 Å². The second kappa shape index (κ2) is 13.7. The monoisotopic (exact) mass is 727 g/mol. The van der Waals surface area contributed by atoms with E-state index in [2.05, 4.69) is 33.9 Å². The highest BCUT2D eigenvalue weighted by Crippen LogP contribution is 2.58. The Labute approximate surface area is 308 Å². The Morgan fingerprint density at radius 2 is 1.58 bits per heavy atom. The van der Waals surface area contributed by atoms with Crippen LogP contribution in [0, 0.1) is 17.8 Å². The van der Waals surface area contributed by atoms with Crippen molar-refractivity contribution in [1.29, 1.82) is 0 Å². The van der Waals surface area contributed by atoms with E-state index < -0.39 is 17.5 Å². The molecule has 0 aromatic rings. The van der Waals surface area contributed by atoms with Gasteiger partial charge in [0, 0.05) is 45.1 Å². The van der Waals surface area contributed by atoms with Gasteiger partial charge >= 0.3 is 0 Å². The highest BCUT2D eigenvalue weighted by atomic mass is 16.8. The van der Waals surface area contributed by atoms with Crippen LogP contribution in [0.5, 0.6) is 0 Å². The van der Waals surface area contributed by atoms with Crippen LogP contribution in [0.4, 0.5) is 0 Å². The highest BCUT2D eigenvalue weighted by Gasteiger charge is 2.73. The lowest BCUT2D eigenvalue weighted by Crippen LogP contribution is -2.61. The highest BCUT2D eigenvalue weighted by molar-refractivity contribution is 5.79. The summed E-state index contributed by atoms with van der Waals surface area (Å²) in [5, 5.41) is 10.5. The molecule has 10 heterocycles. The Kier molecular flexibility index (Phi) is 9.62. The first-order chi connectivity index (χ1) is 24.9. The zero-order valence-electron chi connectivity index (χ0n) is 31.3. The maximum Gasteiger partial charge on any atom is 0.172 e. The van der Waals surface area contributed by atoms with Crippen LogP contribution in [0.25, 0.3) is 0 Å². The molecule has 0 aromatic heterocycles. The van der Waals surface area contributed by atoms with Crippen molar-refractivity contribution in [2.24, 2.45) is 23.5 Å². The Hall–Kier alpha value is -1.25. The molecule has 11 heteroatoms. The summed E-state index contributed by atoms with van der Waals surface area (Å²) >= 11 is 0. The third kappa shape index (κ3) is 6.40. The normalized spacial score (nSPS) is 53.8. The lowest BCUT2D eigenvalue weighted by atomic mass is 9.78. The largest absolute Gasteiger partial charge is 0.392 e. The summed E-state index contributed by atoms with van der Waals surface area (Å²) in [6.07, 6.45) is 6.17. The predicted octanol–water partition coefficient (Wildman–Crippen LogP) is 4.45. The van der Waals surface area contributed by atoms with Gasteiger partial charge in [-0.2, -0.15) is 0 Å². The third-order valence-corrected chi connectivity index (χ3v) is 14.6. The van der Waals surface area contributed by atoms with Gasteiger partial charge in [-0.3, -0.25) is 4.79 Å². The number of fused-ring (bicyclic) bond motifs is 6. The van der Waals surface area contributed by atoms with Crippen LogP contribution < -0.4 is 5.73 Å². The standard InChI is InChI=1S/C41H61NO10/c1-20-12-26-6-8-30-21(2)13-28(45-30)10-11-41-19-40(5)39(52-41)38-37(50-40)36(51-41)35-31(49-38)9-7-27(47-35)14-24(43)15-29-23(4)32(16-25(44)18-42)48-34(29)17-33(46-26)22(20)3/h20,23,25-39,44H,2-3,6-19,42H2,1,4-5H3/t20-,23-,25+,26+,27-,28+,29-,30+,31+,32-,33?,34+,35+,36+,37+,38-,39-,40-,41-/m1/s1. The summed E-state index contributed by atoms with van der Waals surface area (Å²) in [6, 6.07) is 0. The zero-order chi connectivity index (χ0) is 36.1. The molecule has 1 unspecified atom stereocenters. The van der Waals surface area contributed by atoms with Gasteiger partial charge in [0.1, 0.15) is 41.9 Å². The maximum absolute atomic E-state index is 14.0. The summed E-state index contributed by atoms with van der Waals surface area (Å²) in [5.74, 6) is -0.272. The SMILES string of the molecule is C=C1C2C[C@@H]3O[C@H](C[C@H](O)CN)[C@H](C)[C@H]3CC(=O)C[C@H]3CC[C@@H]4O[C@@H]5[C@H]6O[C@]7(C)C[C@](CC[C@H]8CC(=C)[C@H](CC[C@@H](C[C@H]1C)O2)O8)(O[C@H]6[C@H]4O3)O[C@H]57. The van der Waals surface area contributed by atoms with Gasteiger partial charge in [0.15, 0.2) is 5.79 Å². The Morgan fingerprint density at radius 1 is 0.808 bits per heavy atom. The smallest absolute Gasteiger partial charge is 0.172 e. The summed E-state index contributed by atoms with van der Waals surface area (Å²) in [6.45, 7) is 15.6. The number of hydrogen-bond acceptors (Lipinski definition) is 11. The number of Topliss-reactive ketones (excluding diaryl/α,β-unsaturated/α-hetero) is 1. The van der Waals surface area contributed by atoms with Crippen molar-refractivity contribution in [1.82, 2.24) is 0 Å². The molecule has 52 heavy (non-hydrogen) atoms. The van der Waals surface area contributed by atoms with Crippen molar-refractivity contribution in [2.45, 2.75) is 201 Å². The van der Waals surface area contributed by atoms with E-state index >= 15 is 0 Å². The number of nitrogens with two attached hydrogens (primary N) is 1. The molecule has 11 nitrogen and oxygen atoms in total. The van der Waals surface area contributed by atoms with Crippen molar-refractivity contribution >= 4 is 5.78 Å². The Balaban J connectivity index is 0.994. The fourth-order valence-electron chi connectivity index (χ4n) is 11.7. The van der Waals surface area contributed by atoms with E-state index in [4.69, 9.17) is 43.6 Å². The Morgan fingerprint density at radius 3 is 2.40 bits per heavy atom. The van der Waals surface area contributed by atoms with Gasteiger partial charge in [0.05, 0.1) is 54.9 Å². The molecule has 0 saturated carbocycles. The molecular formula is C41H61NO10. The van der Waals surface area contributed by atoms with Crippen LogP contribution in [0.3, 0.4) is 0 Å². The van der Waals surface area contributed by atoms with Gasteiger partial charge < -0.3 is 48.7 Å². The second-order valence-corrected chi connectivity index (χ2v) is 18.3. The predicted molar refractivity (Wildman–Crippen MR) is 189 cm³/mol. The van der Waals surface area contributed by atoms with Gasteiger partial charge in [0.25, 0.3) is 0 Å². The molecule has 290 valence electrons. The fourth-order valence-corrected chi connectivity index (χ4v) is 11.7. The van der Waals surface area contributed by atoms with E-state index in [0.29, 0.717) is 44.4 Å². The average Bonchev–Trinajstić information content (AvgIpc) is 3.73. The molecule has 0 amide bonds. The van der Waals surface area contributed by atoms with Crippen molar-refractivity contribution in [3.05, 3.63) is 24.3 Å². The second-order valence-electron chi connectivity index (χ2n) is 18.3. The number of rotatable bonds is 3. The summed E-state index contributed by atoms with van der Waals surface area (Å²) in [7, 11) is 0. The van der Waals surface area contributed by atoms with Crippen molar-refractivity contribution in [3.63, 3.8) is 0 Å². The van der Waals surface area contributed by atoms with Gasteiger partial charge in [-0.1, -0.05) is 27.0 Å². The quantitative estimate of drug-likeness (QED) is 0.399. The zero-order valence-corrected chi connectivity index (χ0v) is 31.3. The van der Waals surface area contributed by atoms with Crippen LogP contribution >= 0.6 is 0 Å². The Bertz CT molecular complexity index is 1410. The van der Waals surface area contributed by atoms with Gasteiger partial charge in [0.2, 0.25) is 0 Å².